The Labute approximate surface area is 134 Å². The molecule has 0 spiro atoms. The third kappa shape index (κ3) is 2.95. The van der Waals surface area contributed by atoms with E-state index in [1.54, 1.807) is 6.07 Å². The van der Waals surface area contributed by atoms with Crippen molar-refractivity contribution < 1.29 is 4.79 Å². The lowest BCUT2D eigenvalue weighted by Crippen LogP contribution is -2.28. The molecule has 1 aliphatic rings. The molecule has 1 aromatic carbocycles. The van der Waals surface area contributed by atoms with Crippen LogP contribution in [-0.4, -0.2) is 27.0 Å². The van der Waals surface area contributed by atoms with Crippen LogP contribution in [0.2, 0.25) is 0 Å². The number of imidazole rings is 1. The number of hydrogen-bond donors (Lipinski definition) is 1. The minimum Gasteiger partial charge on any atom is -0.349 e. The molecule has 4 rings (SSSR count). The second-order valence-corrected chi connectivity index (χ2v) is 5.90. The van der Waals surface area contributed by atoms with Crippen molar-refractivity contribution in [3.05, 3.63) is 60.3 Å². The van der Waals surface area contributed by atoms with Crippen LogP contribution in [0.1, 0.15) is 35.1 Å². The molecule has 116 valence electrons. The van der Waals surface area contributed by atoms with Gasteiger partial charge in [0.1, 0.15) is 11.5 Å². The van der Waals surface area contributed by atoms with E-state index in [0.717, 1.165) is 23.3 Å². The van der Waals surface area contributed by atoms with Gasteiger partial charge in [0, 0.05) is 36.8 Å². The number of benzene rings is 1. The predicted octanol–water partition coefficient (Wildman–Crippen LogP) is 2.74. The van der Waals surface area contributed by atoms with Crippen molar-refractivity contribution in [1.82, 2.24) is 19.9 Å². The summed E-state index contributed by atoms with van der Waals surface area (Å²) >= 11 is 0. The van der Waals surface area contributed by atoms with Crippen LogP contribution < -0.4 is 5.32 Å². The lowest BCUT2D eigenvalue weighted by atomic mass is 10.2. The fraction of sp³-hybridized carbons (Fsp3) is 0.278. The number of para-hydroxylation sites is 1. The Morgan fingerprint density at radius 1 is 1.22 bits per heavy atom. The minimum absolute atomic E-state index is 0.135. The van der Waals surface area contributed by atoms with Gasteiger partial charge < -0.3 is 9.88 Å². The summed E-state index contributed by atoms with van der Waals surface area (Å²) in [6.07, 6.45) is 6.27. The summed E-state index contributed by atoms with van der Waals surface area (Å²) in [6.45, 7) is 1.31. The minimum atomic E-state index is -0.135. The molecule has 0 saturated heterocycles. The predicted molar refractivity (Wildman–Crippen MR) is 88.3 cm³/mol. The summed E-state index contributed by atoms with van der Waals surface area (Å²) in [6, 6.07) is 11.5. The van der Waals surface area contributed by atoms with Gasteiger partial charge in [0.15, 0.2) is 0 Å². The Kier molecular flexibility index (Phi) is 3.54. The highest BCUT2D eigenvalue weighted by atomic mass is 16.1. The maximum absolute atomic E-state index is 12.2. The first-order valence-electron chi connectivity index (χ1n) is 7.96. The molecule has 0 atom stereocenters. The number of hydrogen-bond acceptors (Lipinski definition) is 3. The largest absolute Gasteiger partial charge is 0.349 e. The number of carbonyl (C=O) groups is 1. The van der Waals surface area contributed by atoms with Crippen LogP contribution in [0.15, 0.2) is 48.8 Å². The smallest absolute Gasteiger partial charge is 0.269 e. The number of rotatable bonds is 5. The molecule has 0 aliphatic heterocycles. The van der Waals surface area contributed by atoms with Gasteiger partial charge in [-0.15, -0.1) is 0 Å². The van der Waals surface area contributed by atoms with Gasteiger partial charge in [-0.2, -0.15) is 0 Å². The number of aromatic nitrogens is 3. The van der Waals surface area contributed by atoms with Crippen LogP contribution in [0, 0.1) is 0 Å². The summed E-state index contributed by atoms with van der Waals surface area (Å²) in [5, 5.41) is 3.98. The number of nitrogens with one attached hydrogen (secondary N) is 1. The normalized spacial score (nSPS) is 14.1. The van der Waals surface area contributed by atoms with E-state index in [9.17, 15) is 4.79 Å². The van der Waals surface area contributed by atoms with E-state index >= 15 is 0 Å². The van der Waals surface area contributed by atoms with E-state index in [1.807, 2.05) is 42.7 Å². The quantitative estimate of drug-likeness (QED) is 0.788. The molecule has 1 saturated carbocycles. The summed E-state index contributed by atoms with van der Waals surface area (Å²) in [5.41, 5.74) is 1.29. The van der Waals surface area contributed by atoms with Gasteiger partial charge >= 0.3 is 0 Å². The molecule has 1 fully saturated rings. The molecule has 1 amide bonds. The first kappa shape index (κ1) is 13.9. The van der Waals surface area contributed by atoms with Gasteiger partial charge in [0.05, 0.1) is 5.52 Å². The molecule has 5 nitrogen and oxygen atoms in total. The van der Waals surface area contributed by atoms with E-state index in [2.05, 4.69) is 19.9 Å². The second kappa shape index (κ2) is 5.83. The zero-order valence-corrected chi connectivity index (χ0v) is 12.8. The Hall–Kier alpha value is -2.69. The lowest BCUT2D eigenvalue weighted by Gasteiger charge is -2.09. The summed E-state index contributed by atoms with van der Waals surface area (Å²) in [5.74, 6) is 1.62. The van der Waals surface area contributed by atoms with Gasteiger partial charge in [-0.05, 0) is 25.0 Å². The Morgan fingerprint density at radius 2 is 2.09 bits per heavy atom. The monoisotopic (exact) mass is 306 g/mol. The molecular formula is C18H18N4O. The molecule has 5 heteroatoms. The highest BCUT2D eigenvalue weighted by molar-refractivity contribution is 5.94. The number of nitrogens with zero attached hydrogens (tertiary/aromatic N) is 3. The van der Waals surface area contributed by atoms with E-state index in [1.165, 1.54) is 12.8 Å². The second-order valence-electron chi connectivity index (χ2n) is 5.90. The van der Waals surface area contributed by atoms with Crippen molar-refractivity contribution in [2.45, 2.75) is 25.3 Å². The van der Waals surface area contributed by atoms with Gasteiger partial charge in [-0.25, -0.2) is 9.97 Å². The SMILES string of the molecule is O=C(NCCn1ccnc1C1CC1)c1ccc2ccccc2n1. The third-order valence-corrected chi connectivity index (χ3v) is 4.16. The fourth-order valence-electron chi connectivity index (χ4n) is 2.78. The van der Waals surface area contributed by atoms with Crippen LogP contribution in [0.25, 0.3) is 10.9 Å². The summed E-state index contributed by atoms with van der Waals surface area (Å²) < 4.78 is 2.13. The summed E-state index contributed by atoms with van der Waals surface area (Å²) in [7, 11) is 0. The summed E-state index contributed by atoms with van der Waals surface area (Å²) in [4.78, 5) is 21.1. The van der Waals surface area contributed by atoms with Crippen LogP contribution in [0.5, 0.6) is 0 Å². The van der Waals surface area contributed by atoms with Crippen LogP contribution in [0.4, 0.5) is 0 Å². The van der Waals surface area contributed by atoms with Crippen molar-refractivity contribution in [1.29, 1.82) is 0 Å². The number of fused-ring (bicyclic) bond motifs is 1. The highest BCUT2D eigenvalue weighted by Crippen LogP contribution is 2.38. The number of pyridine rings is 1. The van der Waals surface area contributed by atoms with Crippen LogP contribution >= 0.6 is 0 Å². The average Bonchev–Trinajstić information content (AvgIpc) is 3.33. The Balaban J connectivity index is 1.39. The maximum atomic E-state index is 12.2. The van der Waals surface area contributed by atoms with Gasteiger partial charge in [0.25, 0.3) is 5.91 Å². The number of amides is 1. The molecule has 3 aromatic rings. The first-order valence-corrected chi connectivity index (χ1v) is 7.96. The molecular weight excluding hydrogens is 288 g/mol. The van der Waals surface area contributed by atoms with Crippen molar-refractivity contribution in [2.75, 3.05) is 6.54 Å². The maximum Gasteiger partial charge on any atom is 0.269 e. The van der Waals surface area contributed by atoms with Gasteiger partial charge in [-0.1, -0.05) is 24.3 Å². The van der Waals surface area contributed by atoms with Crippen molar-refractivity contribution >= 4 is 16.8 Å². The molecule has 0 bridgehead atoms. The van der Waals surface area contributed by atoms with Crippen molar-refractivity contribution in [2.24, 2.45) is 0 Å². The van der Waals surface area contributed by atoms with Crippen LogP contribution in [0.3, 0.4) is 0 Å². The Bertz CT molecular complexity index is 851. The molecule has 2 heterocycles. The van der Waals surface area contributed by atoms with Crippen molar-refractivity contribution in [3.63, 3.8) is 0 Å². The Morgan fingerprint density at radius 3 is 2.96 bits per heavy atom. The molecule has 0 radical (unpaired) electrons. The van der Waals surface area contributed by atoms with Crippen molar-refractivity contribution in [3.8, 4) is 0 Å². The van der Waals surface area contributed by atoms with E-state index in [-0.39, 0.29) is 5.91 Å². The zero-order chi connectivity index (χ0) is 15.6. The van der Waals surface area contributed by atoms with E-state index in [4.69, 9.17) is 0 Å². The standard InChI is InChI=1S/C18H18N4O/c23-18(16-8-7-13-3-1-2-4-15(13)21-16)20-10-12-22-11-9-19-17(22)14-5-6-14/h1-4,7-9,11,14H,5-6,10,12H2,(H,20,23). The molecule has 1 N–H and O–H groups in total. The van der Waals surface area contributed by atoms with E-state index < -0.39 is 0 Å². The molecule has 23 heavy (non-hydrogen) atoms. The van der Waals surface area contributed by atoms with E-state index in [0.29, 0.717) is 18.2 Å². The fourth-order valence-corrected chi connectivity index (χ4v) is 2.78. The first-order chi connectivity index (χ1) is 11.3. The van der Waals surface area contributed by atoms with Crippen LogP contribution in [-0.2, 0) is 6.54 Å². The van der Waals surface area contributed by atoms with Gasteiger partial charge in [0.2, 0.25) is 0 Å². The lowest BCUT2D eigenvalue weighted by molar-refractivity contribution is 0.0947. The average molecular weight is 306 g/mol. The van der Waals surface area contributed by atoms with Gasteiger partial charge in [-0.3, -0.25) is 4.79 Å². The topological polar surface area (TPSA) is 59.8 Å². The molecule has 1 aliphatic carbocycles. The third-order valence-electron chi connectivity index (χ3n) is 4.16. The number of carbonyl (C=O) groups excluding carboxylic acids is 1. The molecule has 2 aromatic heterocycles. The highest BCUT2D eigenvalue weighted by Gasteiger charge is 2.27. The zero-order valence-electron chi connectivity index (χ0n) is 12.8. The molecule has 0 unspecified atom stereocenters.